The van der Waals surface area contributed by atoms with Gasteiger partial charge in [0.25, 0.3) is 5.91 Å². The number of hydrogen-bond acceptors (Lipinski definition) is 5. The monoisotopic (exact) mass is 315 g/mol. The average Bonchev–Trinajstić information content (AvgIpc) is 3.18. The van der Waals surface area contributed by atoms with Gasteiger partial charge in [0.15, 0.2) is 0 Å². The summed E-state index contributed by atoms with van der Waals surface area (Å²) < 4.78 is 1.04. The molecule has 0 bridgehead atoms. The van der Waals surface area contributed by atoms with Crippen molar-refractivity contribution < 1.29 is 14.4 Å². The molecule has 3 heterocycles. The maximum atomic E-state index is 12.6. The molecule has 0 radical (unpaired) electrons. The fourth-order valence-corrected chi connectivity index (χ4v) is 3.90. The number of amides is 3. The largest absolute Gasteiger partial charge is 0.338 e. The Labute approximate surface area is 130 Å². The first kappa shape index (κ1) is 13.4. The summed E-state index contributed by atoms with van der Waals surface area (Å²) in [7, 11) is 0. The highest BCUT2D eigenvalue weighted by atomic mass is 32.1. The fraction of sp³-hybridized carbons (Fsp3) is 0.333. The molecule has 1 N–H and O–H groups in total. The van der Waals surface area contributed by atoms with Gasteiger partial charge in [-0.15, -0.1) is 11.3 Å². The molecule has 4 rings (SSSR count). The summed E-state index contributed by atoms with van der Waals surface area (Å²) in [6.07, 6.45) is 0.718. The van der Waals surface area contributed by atoms with Crippen LogP contribution in [0.5, 0.6) is 0 Å². The van der Waals surface area contributed by atoms with E-state index in [2.05, 4.69) is 10.3 Å². The Hall–Kier alpha value is -2.28. The predicted molar refractivity (Wildman–Crippen MR) is 80.3 cm³/mol. The Morgan fingerprint density at radius 2 is 2.23 bits per heavy atom. The van der Waals surface area contributed by atoms with Crippen molar-refractivity contribution in [2.45, 2.75) is 12.8 Å². The van der Waals surface area contributed by atoms with Crippen molar-refractivity contribution in [1.82, 2.24) is 15.2 Å². The van der Waals surface area contributed by atoms with Crippen molar-refractivity contribution in [2.75, 3.05) is 13.1 Å². The number of rotatable bonds is 1. The molecule has 6 nitrogen and oxygen atoms in total. The van der Waals surface area contributed by atoms with Crippen LogP contribution in [0.1, 0.15) is 23.2 Å². The molecule has 0 saturated carbocycles. The zero-order valence-corrected chi connectivity index (χ0v) is 12.5. The number of nitrogens with zero attached hydrogens (tertiary/aromatic N) is 2. The molecule has 2 aliphatic rings. The van der Waals surface area contributed by atoms with E-state index < -0.39 is 5.41 Å². The topological polar surface area (TPSA) is 79.4 Å². The van der Waals surface area contributed by atoms with Gasteiger partial charge >= 0.3 is 0 Å². The minimum atomic E-state index is -0.725. The van der Waals surface area contributed by atoms with Crippen LogP contribution in [0, 0.1) is 5.41 Å². The third-order valence-electron chi connectivity index (χ3n) is 4.45. The van der Waals surface area contributed by atoms with Crippen molar-refractivity contribution in [2.24, 2.45) is 5.41 Å². The number of imide groups is 1. The van der Waals surface area contributed by atoms with Gasteiger partial charge in [0.1, 0.15) is 0 Å². The van der Waals surface area contributed by atoms with Crippen LogP contribution in [0.2, 0.25) is 0 Å². The number of likely N-dealkylation sites (tertiary alicyclic amines) is 1. The van der Waals surface area contributed by atoms with Gasteiger partial charge in [0, 0.05) is 25.1 Å². The van der Waals surface area contributed by atoms with E-state index in [9.17, 15) is 14.4 Å². The van der Waals surface area contributed by atoms with Crippen LogP contribution in [0.25, 0.3) is 10.2 Å². The third kappa shape index (κ3) is 1.93. The maximum Gasteiger partial charge on any atom is 0.253 e. The maximum absolute atomic E-state index is 12.6. The Balaban J connectivity index is 1.59. The van der Waals surface area contributed by atoms with E-state index in [0.717, 1.165) is 10.2 Å². The molecule has 2 fully saturated rings. The van der Waals surface area contributed by atoms with Gasteiger partial charge in [-0.05, 0) is 24.6 Å². The summed E-state index contributed by atoms with van der Waals surface area (Å²) in [6, 6.07) is 5.45. The van der Waals surface area contributed by atoms with Crippen LogP contribution < -0.4 is 5.32 Å². The quantitative estimate of drug-likeness (QED) is 0.801. The van der Waals surface area contributed by atoms with E-state index in [-0.39, 0.29) is 24.1 Å². The molecule has 1 aromatic carbocycles. The molecule has 3 amide bonds. The van der Waals surface area contributed by atoms with E-state index in [1.54, 1.807) is 22.5 Å². The van der Waals surface area contributed by atoms with Crippen molar-refractivity contribution in [3.63, 3.8) is 0 Å². The second-order valence-corrected chi connectivity index (χ2v) is 6.73. The molecule has 7 heteroatoms. The number of nitrogens with one attached hydrogen (secondary N) is 1. The summed E-state index contributed by atoms with van der Waals surface area (Å²) in [6.45, 7) is 0.799. The second-order valence-electron chi connectivity index (χ2n) is 5.85. The molecule has 1 spiro atoms. The Kier molecular flexibility index (Phi) is 2.80. The average molecular weight is 315 g/mol. The van der Waals surface area contributed by atoms with E-state index in [4.69, 9.17) is 0 Å². The lowest BCUT2D eigenvalue weighted by Crippen LogP contribution is -2.36. The molecule has 1 unspecified atom stereocenters. The summed E-state index contributed by atoms with van der Waals surface area (Å²) >= 11 is 1.53. The molecule has 22 heavy (non-hydrogen) atoms. The number of hydrogen-bond donors (Lipinski definition) is 1. The normalized spacial score (nSPS) is 24.5. The molecule has 2 saturated heterocycles. The van der Waals surface area contributed by atoms with E-state index in [1.165, 1.54) is 11.3 Å². The fourth-order valence-electron chi connectivity index (χ4n) is 3.24. The second kappa shape index (κ2) is 4.61. The zero-order chi connectivity index (χ0) is 15.3. The highest BCUT2D eigenvalue weighted by Gasteiger charge is 2.51. The number of carbonyl (C=O) groups is 3. The molecule has 1 aromatic heterocycles. The standard InChI is InChI=1S/C15H13N3O3S/c19-12-6-15(14(21)17-12)3-4-18(7-15)13(20)9-1-2-11-10(5-9)16-8-22-11/h1-2,5,8H,3-4,6-7H2,(H,17,19,21). The molecule has 1 atom stereocenters. The van der Waals surface area contributed by atoms with Crippen molar-refractivity contribution >= 4 is 39.3 Å². The van der Waals surface area contributed by atoms with E-state index in [0.29, 0.717) is 25.1 Å². The van der Waals surface area contributed by atoms with E-state index >= 15 is 0 Å². The lowest BCUT2D eigenvalue weighted by Gasteiger charge is -2.20. The van der Waals surface area contributed by atoms with Gasteiger partial charge in [-0.1, -0.05) is 0 Å². The van der Waals surface area contributed by atoms with Gasteiger partial charge in [0.2, 0.25) is 11.8 Å². The van der Waals surface area contributed by atoms with Gasteiger partial charge in [0.05, 0.1) is 21.1 Å². The highest BCUT2D eigenvalue weighted by molar-refractivity contribution is 7.16. The van der Waals surface area contributed by atoms with Crippen LogP contribution in [-0.4, -0.2) is 40.7 Å². The lowest BCUT2D eigenvalue weighted by atomic mass is 9.85. The smallest absolute Gasteiger partial charge is 0.253 e. The highest BCUT2D eigenvalue weighted by Crippen LogP contribution is 2.38. The van der Waals surface area contributed by atoms with Crippen molar-refractivity contribution in [1.29, 1.82) is 0 Å². The van der Waals surface area contributed by atoms with Gasteiger partial charge in [-0.2, -0.15) is 0 Å². The summed E-state index contributed by atoms with van der Waals surface area (Å²) in [5.41, 5.74) is 2.40. The van der Waals surface area contributed by atoms with Crippen molar-refractivity contribution in [3.05, 3.63) is 29.3 Å². The van der Waals surface area contributed by atoms with Crippen LogP contribution in [-0.2, 0) is 9.59 Å². The third-order valence-corrected chi connectivity index (χ3v) is 5.26. The summed E-state index contributed by atoms with van der Waals surface area (Å²) in [5.74, 6) is -0.607. The van der Waals surface area contributed by atoms with Crippen LogP contribution in [0.3, 0.4) is 0 Å². The summed E-state index contributed by atoms with van der Waals surface area (Å²) in [4.78, 5) is 41.9. The minimum absolute atomic E-state index is 0.112. The molecule has 0 aliphatic carbocycles. The van der Waals surface area contributed by atoms with Crippen molar-refractivity contribution in [3.8, 4) is 0 Å². The lowest BCUT2D eigenvalue weighted by molar-refractivity contribution is -0.128. The molecule has 112 valence electrons. The first-order valence-corrected chi connectivity index (χ1v) is 7.92. The first-order chi connectivity index (χ1) is 10.6. The minimum Gasteiger partial charge on any atom is -0.338 e. The van der Waals surface area contributed by atoms with Gasteiger partial charge < -0.3 is 4.90 Å². The molecular formula is C15H13N3O3S. The SMILES string of the molecule is O=C1CC2(CCN(C(=O)c3ccc4scnc4c3)C2)C(=O)N1. The van der Waals surface area contributed by atoms with Gasteiger partial charge in [-0.3, -0.25) is 19.7 Å². The zero-order valence-electron chi connectivity index (χ0n) is 11.7. The number of fused-ring (bicyclic) bond motifs is 1. The molecule has 2 aromatic rings. The number of benzene rings is 1. The van der Waals surface area contributed by atoms with Crippen LogP contribution in [0.4, 0.5) is 0 Å². The number of carbonyl (C=O) groups excluding carboxylic acids is 3. The Bertz CT molecular complexity index is 815. The number of thiazole rings is 1. The Morgan fingerprint density at radius 3 is 3.00 bits per heavy atom. The number of aromatic nitrogens is 1. The Morgan fingerprint density at radius 1 is 1.36 bits per heavy atom. The van der Waals surface area contributed by atoms with Crippen LogP contribution >= 0.6 is 11.3 Å². The van der Waals surface area contributed by atoms with Gasteiger partial charge in [-0.25, -0.2) is 4.98 Å². The van der Waals surface area contributed by atoms with E-state index in [1.807, 2.05) is 6.07 Å². The predicted octanol–water partition coefficient (Wildman–Crippen LogP) is 1.18. The molecule has 2 aliphatic heterocycles. The molecular weight excluding hydrogens is 302 g/mol. The summed E-state index contributed by atoms with van der Waals surface area (Å²) in [5, 5.41) is 2.35. The first-order valence-electron chi connectivity index (χ1n) is 7.04. The van der Waals surface area contributed by atoms with Crippen LogP contribution in [0.15, 0.2) is 23.7 Å².